The Balaban J connectivity index is 1.62. The fourth-order valence-electron chi connectivity index (χ4n) is 2.98. The van der Waals surface area contributed by atoms with E-state index < -0.39 is 0 Å². The topological polar surface area (TPSA) is 48.9 Å². The number of rotatable bonds is 5. The maximum Gasteiger partial charge on any atom is 0.191 e. The van der Waals surface area contributed by atoms with Crippen molar-refractivity contribution in [1.29, 1.82) is 0 Å². The maximum absolute atomic E-state index is 5.78. The zero-order valence-corrected chi connectivity index (χ0v) is 13.1. The van der Waals surface area contributed by atoms with Crippen LogP contribution < -0.4 is 10.6 Å². The highest BCUT2D eigenvalue weighted by Gasteiger charge is 2.29. The van der Waals surface area contributed by atoms with E-state index in [0.717, 1.165) is 38.6 Å². The first-order valence-corrected chi connectivity index (χ1v) is 8.03. The molecule has 2 fully saturated rings. The van der Waals surface area contributed by atoms with Crippen LogP contribution in [0.3, 0.4) is 0 Å². The number of ether oxygens (including phenoxy) is 1. The summed E-state index contributed by atoms with van der Waals surface area (Å²) in [5, 5.41) is 6.78. The van der Waals surface area contributed by atoms with Crippen LogP contribution >= 0.6 is 0 Å². The van der Waals surface area contributed by atoms with E-state index in [2.05, 4.69) is 27.4 Å². The first kappa shape index (κ1) is 15.6. The largest absolute Gasteiger partial charge is 0.373 e. The van der Waals surface area contributed by atoms with Gasteiger partial charge in [0.25, 0.3) is 0 Å². The van der Waals surface area contributed by atoms with E-state index in [1.807, 2.05) is 7.05 Å². The molecule has 0 bridgehead atoms. The summed E-state index contributed by atoms with van der Waals surface area (Å²) in [6.45, 7) is 8.45. The predicted octanol–water partition coefficient (Wildman–Crippen LogP) is 1.21. The average molecular weight is 282 g/mol. The van der Waals surface area contributed by atoms with Crippen molar-refractivity contribution in [2.24, 2.45) is 4.99 Å². The molecule has 0 aromatic carbocycles. The van der Waals surface area contributed by atoms with E-state index in [0.29, 0.717) is 0 Å². The van der Waals surface area contributed by atoms with Crippen LogP contribution in [0.1, 0.15) is 39.0 Å². The molecule has 0 saturated carbocycles. The van der Waals surface area contributed by atoms with Gasteiger partial charge in [-0.3, -0.25) is 4.99 Å². The third-order valence-electron chi connectivity index (χ3n) is 4.32. The quantitative estimate of drug-likeness (QED) is 0.588. The van der Waals surface area contributed by atoms with Crippen molar-refractivity contribution in [2.75, 3.05) is 46.4 Å². The van der Waals surface area contributed by atoms with Crippen molar-refractivity contribution >= 4 is 5.96 Å². The monoisotopic (exact) mass is 282 g/mol. The summed E-state index contributed by atoms with van der Waals surface area (Å²) in [5.74, 6) is 0.888. The number of piperidine rings is 1. The summed E-state index contributed by atoms with van der Waals surface area (Å²) in [7, 11) is 1.83. The number of likely N-dealkylation sites (tertiary alicyclic amines) is 1. The molecule has 2 heterocycles. The van der Waals surface area contributed by atoms with Crippen LogP contribution in [-0.2, 0) is 4.74 Å². The first-order valence-electron chi connectivity index (χ1n) is 8.03. The predicted molar refractivity (Wildman–Crippen MR) is 83.2 cm³/mol. The van der Waals surface area contributed by atoms with E-state index in [1.165, 1.54) is 38.8 Å². The number of nitrogens with one attached hydrogen (secondary N) is 2. The Hall–Kier alpha value is -0.810. The standard InChI is InChI=1S/C15H30N4O/c1-15(7-6-12-20-15)13-18-14(16-2)17-8-11-19-9-4-3-5-10-19/h3-13H2,1-2H3,(H2,16,17,18). The second-order valence-corrected chi connectivity index (χ2v) is 6.16. The highest BCUT2D eigenvalue weighted by Crippen LogP contribution is 2.23. The fourth-order valence-corrected chi connectivity index (χ4v) is 2.98. The van der Waals surface area contributed by atoms with Crippen LogP contribution in [-0.4, -0.2) is 62.8 Å². The SMILES string of the molecule is CN=C(NCCN1CCCCC1)NCC1(C)CCCO1. The Kier molecular flexibility index (Phi) is 6.10. The zero-order chi connectivity index (χ0) is 14.3. The molecular weight excluding hydrogens is 252 g/mol. The second kappa shape index (κ2) is 7.84. The molecule has 5 nitrogen and oxygen atoms in total. The Labute approximate surface area is 123 Å². The van der Waals surface area contributed by atoms with E-state index in [4.69, 9.17) is 4.74 Å². The molecule has 0 spiro atoms. The number of nitrogens with zero attached hydrogens (tertiary/aromatic N) is 2. The van der Waals surface area contributed by atoms with Crippen molar-refractivity contribution in [2.45, 2.75) is 44.6 Å². The van der Waals surface area contributed by atoms with E-state index in [9.17, 15) is 0 Å². The van der Waals surface area contributed by atoms with Gasteiger partial charge >= 0.3 is 0 Å². The Bertz CT molecular complexity index is 307. The zero-order valence-electron chi connectivity index (χ0n) is 13.1. The van der Waals surface area contributed by atoms with Gasteiger partial charge in [0.15, 0.2) is 5.96 Å². The molecule has 20 heavy (non-hydrogen) atoms. The molecule has 2 saturated heterocycles. The molecule has 2 rings (SSSR count). The number of guanidine groups is 1. The summed E-state index contributed by atoms with van der Waals surface area (Å²) in [6, 6.07) is 0. The lowest BCUT2D eigenvalue weighted by atomic mass is 10.0. The van der Waals surface area contributed by atoms with Crippen molar-refractivity contribution in [1.82, 2.24) is 15.5 Å². The number of hydrogen-bond donors (Lipinski definition) is 2. The molecule has 0 aromatic rings. The van der Waals surface area contributed by atoms with Gasteiger partial charge in [-0.2, -0.15) is 0 Å². The summed E-state index contributed by atoms with van der Waals surface area (Å²) in [5.41, 5.74) is -0.0233. The van der Waals surface area contributed by atoms with Gasteiger partial charge in [0, 0.05) is 33.3 Å². The highest BCUT2D eigenvalue weighted by molar-refractivity contribution is 5.79. The summed E-state index contributed by atoms with van der Waals surface area (Å²) >= 11 is 0. The molecule has 0 amide bonds. The average Bonchev–Trinajstić information content (AvgIpc) is 2.91. The van der Waals surface area contributed by atoms with Crippen molar-refractivity contribution in [3.8, 4) is 0 Å². The minimum atomic E-state index is -0.0233. The third kappa shape index (κ3) is 4.94. The van der Waals surface area contributed by atoms with Gasteiger partial charge in [0.2, 0.25) is 0 Å². The van der Waals surface area contributed by atoms with Gasteiger partial charge in [0.05, 0.1) is 5.60 Å². The van der Waals surface area contributed by atoms with Crippen molar-refractivity contribution in [3.05, 3.63) is 0 Å². The summed E-state index contributed by atoms with van der Waals surface area (Å²) < 4.78 is 5.78. The molecule has 0 aliphatic carbocycles. The smallest absolute Gasteiger partial charge is 0.191 e. The van der Waals surface area contributed by atoms with Crippen molar-refractivity contribution in [3.63, 3.8) is 0 Å². The molecule has 0 aromatic heterocycles. The van der Waals surface area contributed by atoms with Crippen LogP contribution in [0, 0.1) is 0 Å². The molecular formula is C15H30N4O. The van der Waals surface area contributed by atoms with Crippen LogP contribution in [0.25, 0.3) is 0 Å². The molecule has 116 valence electrons. The van der Waals surface area contributed by atoms with Gasteiger partial charge in [-0.05, 0) is 45.7 Å². The first-order chi connectivity index (χ1) is 9.72. The van der Waals surface area contributed by atoms with E-state index >= 15 is 0 Å². The van der Waals surface area contributed by atoms with Crippen molar-refractivity contribution < 1.29 is 4.74 Å². The van der Waals surface area contributed by atoms with Gasteiger partial charge in [-0.25, -0.2) is 0 Å². The Morgan fingerprint density at radius 3 is 2.65 bits per heavy atom. The van der Waals surface area contributed by atoms with Gasteiger partial charge in [-0.15, -0.1) is 0 Å². The lowest BCUT2D eigenvalue weighted by Crippen LogP contribution is -2.47. The number of aliphatic imine (C=N–C) groups is 1. The van der Waals surface area contributed by atoms with E-state index in [-0.39, 0.29) is 5.60 Å². The lowest BCUT2D eigenvalue weighted by molar-refractivity contribution is 0.0243. The van der Waals surface area contributed by atoms with Gasteiger partial charge in [-0.1, -0.05) is 6.42 Å². The number of hydrogen-bond acceptors (Lipinski definition) is 3. The van der Waals surface area contributed by atoms with Crippen LogP contribution in [0.4, 0.5) is 0 Å². The Morgan fingerprint density at radius 1 is 1.20 bits per heavy atom. The molecule has 1 unspecified atom stereocenters. The molecule has 2 aliphatic rings. The summed E-state index contributed by atoms with van der Waals surface area (Å²) in [4.78, 5) is 6.82. The lowest BCUT2D eigenvalue weighted by Gasteiger charge is -2.27. The normalized spacial score (nSPS) is 28.6. The fraction of sp³-hybridized carbons (Fsp3) is 0.933. The molecule has 2 aliphatic heterocycles. The van der Waals surface area contributed by atoms with Gasteiger partial charge < -0.3 is 20.3 Å². The maximum atomic E-state index is 5.78. The molecule has 2 N–H and O–H groups in total. The highest BCUT2D eigenvalue weighted by atomic mass is 16.5. The summed E-state index contributed by atoms with van der Waals surface area (Å²) in [6.07, 6.45) is 6.39. The Morgan fingerprint density at radius 2 is 2.00 bits per heavy atom. The molecule has 5 heteroatoms. The van der Waals surface area contributed by atoms with Gasteiger partial charge in [0.1, 0.15) is 0 Å². The molecule has 1 atom stereocenters. The minimum Gasteiger partial charge on any atom is -0.373 e. The molecule has 0 radical (unpaired) electrons. The second-order valence-electron chi connectivity index (χ2n) is 6.16. The third-order valence-corrected chi connectivity index (χ3v) is 4.32. The van der Waals surface area contributed by atoms with E-state index in [1.54, 1.807) is 0 Å². The minimum absolute atomic E-state index is 0.0233. The van der Waals surface area contributed by atoms with Crippen LogP contribution in [0.2, 0.25) is 0 Å². The van der Waals surface area contributed by atoms with Crippen LogP contribution in [0.5, 0.6) is 0 Å². The van der Waals surface area contributed by atoms with Crippen LogP contribution in [0.15, 0.2) is 4.99 Å².